The van der Waals surface area contributed by atoms with E-state index in [2.05, 4.69) is 10.6 Å². The minimum atomic E-state index is -0.202. The van der Waals surface area contributed by atoms with Crippen molar-refractivity contribution in [3.8, 4) is 0 Å². The molecule has 0 bridgehead atoms. The van der Waals surface area contributed by atoms with E-state index in [1.807, 2.05) is 31.2 Å². The van der Waals surface area contributed by atoms with Crippen molar-refractivity contribution in [3.63, 3.8) is 0 Å². The molecule has 0 fully saturated rings. The van der Waals surface area contributed by atoms with E-state index in [9.17, 15) is 9.59 Å². The van der Waals surface area contributed by atoms with Gasteiger partial charge in [-0.1, -0.05) is 24.3 Å². The summed E-state index contributed by atoms with van der Waals surface area (Å²) in [5, 5.41) is 5.51. The lowest BCUT2D eigenvalue weighted by Crippen LogP contribution is -2.13. The fourth-order valence-corrected chi connectivity index (χ4v) is 1.85. The normalized spacial score (nSPS) is 9.90. The maximum absolute atomic E-state index is 12.2. The summed E-state index contributed by atoms with van der Waals surface area (Å²) in [6.45, 7) is 3.36. The molecule has 0 saturated heterocycles. The van der Waals surface area contributed by atoms with Crippen molar-refractivity contribution < 1.29 is 9.59 Å². The van der Waals surface area contributed by atoms with Crippen LogP contribution in [0.15, 0.2) is 48.5 Å². The zero-order valence-corrected chi connectivity index (χ0v) is 11.4. The van der Waals surface area contributed by atoms with Crippen LogP contribution in [0.4, 0.5) is 11.4 Å². The third kappa shape index (κ3) is 3.45. The predicted octanol–water partition coefficient (Wildman–Crippen LogP) is 3.21. The Morgan fingerprint density at radius 2 is 1.70 bits per heavy atom. The summed E-state index contributed by atoms with van der Waals surface area (Å²) >= 11 is 0. The van der Waals surface area contributed by atoms with Crippen LogP contribution in [-0.4, -0.2) is 11.8 Å². The number of carbonyl (C=O) groups excluding carboxylic acids is 2. The van der Waals surface area contributed by atoms with Gasteiger partial charge in [0.05, 0.1) is 0 Å². The molecule has 2 N–H and O–H groups in total. The van der Waals surface area contributed by atoms with E-state index in [1.165, 1.54) is 6.92 Å². The van der Waals surface area contributed by atoms with Crippen LogP contribution in [0.25, 0.3) is 0 Å². The number of para-hydroxylation sites is 1. The van der Waals surface area contributed by atoms with E-state index < -0.39 is 0 Å². The average Bonchev–Trinajstić information content (AvgIpc) is 2.41. The van der Waals surface area contributed by atoms with Crippen LogP contribution in [0, 0.1) is 6.92 Å². The van der Waals surface area contributed by atoms with Crippen molar-refractivity contribution >= 4 is 23.2 Å². The van der Waals surface area contributed by atoms with Gasteiger partial charge in [0.15, 0.2) is 0 Å². The molecule has 0 atom stereocenters. The summed E-state index contributed by atoms with van der Waals surface area (Å²) in [7, 11) is 0. The highest BCUT2D eigenvalue weighted by atomic mass is 16.2. The lowest BCUT2D eigenvalue weighted by molar-refractivity contribution is -0.114. The van der Waals surface area contributed by atoms with Gasteiger partial charge in [-0.05, 0) is 36.8 Å². The number of carbonyl (C=O) groups is 2. The van der Waals surface area contributed by atoms with Crippen LogP contribution >= 0.6 is 0 Å². The van der Waals surface area contributed by atoms with Crippen molar-refractivity contribution in [3.05, 3.63) is 59.7 Å². The summed E-state index contributed by atoms with van der Waals surface area (Å²) < 4.78 is 0. The molecule has 20 heavy (non-hydrogen) atoms. The molecule has 0 aliphatic heterocycles. The Balaban J connectivity index is 2.17. The van der Waals surface area contributed by atoms with Crippen LogP contribution in [0.2, 0.25) is 0 Å². The van der Waals surface area contributed by atoms with Crippen LogP contribution in [0.3, 0.4) is 0 Å². The van der Waals surface area contributed by atoms with E-state index in [-0.39, 0.29) is 11.8 Å². The highest BCUT2D eigenvalue weighted by Crippen LogP contribution is 2.16. The number of benzene rings is 2. The number of aryl methyl sites for hydroxylation is 1. The molecule has 102 valence electrons. The molecule has 0 radical (unpaired) electrons. The molecule has 0 saturated carbocycles. The van der Waals surface area contributed by atoms with Gasteiger partial charge < -0.3 is 10.6 Å². The van der Waals surface area contributed by atoms with Gasteiger partial charge in [-0.25, -0.2) is 0 Å². The van der Waals surface area contributed by atoms with E-state index in [1.54, 1.807) is 24.3 Å². The number of hydrogen-bond donors (Lipinski definition) is 2. The van der Waals surface area contributed by atoms with Crippen LogP contribution in [-0.2, 0) is 4.79 Å². The fourth-order valence-electron chi connectivity index (χ4n) is 1.85. The minimum Gasteiger partial charge on any atom is -0.326 e. The Bertz CT molecular complexity index is 650. The Labute approximate surface area is 117 Å². The first kappa shape index (κ1) is 13.8. The predicted molar refractivity (Wildman–Crippen MR) is 79.9 cm³/mol. The molecule has 2 amide bonds. The molecule has 0 aromatic heterocycles. The third-order valence-electron chi connectivity index (χ3n) is 2.84. The quantitative estimate of drug-likeness (QED) is 0.898. The van der Waals surface area contributed by atoms with Gasteiger partial charge in [0.2, 0.25) is 5.91 Å². The van der Waals surface area contributed by atoms with Crippen molar-refractivity contribution in [2.24, 2.45) is 0 Å². The van der Waals surface area contributed by atoms with Gasteiger partial charge in [0, 0.05) is 23.9 Å². The minimum absolute atomic E-state index is 0.165. The molecule has 0 aliphatic rings. The highest BCUT2D eigenvalue weighted by molar-refractivity contribution is 6.05. The Kier molecular flexibility index (Phi) is 4.15. The largest absolute Gasteiger partial charge is 0.326 e. The fraction of sp³-hybridized carbons (Fsp3) is 0.125. The summed E-state index contributed by atoms with van der Waals surface area (Å²) in [4.78, 5) is 23.2. The van der Waals surface area contributed by atoms with Crippen molar-refractivity contribution in [2.45, 2.75) is 13.8 Å². The summed E-state index contributed by atoms with van der Waals surface area (Å²) in [5.41, 5.74) is 2.88. The molecule has 0 unspecified atom stereocenters. The average molecular weight is 268 g/mol. The number of rotatable bonds is 3. The molecule has 0 heterocycles. The van der Waals surface area contributed by atoms with Gasteiger partial charge in [0.25, 0.3) is 5.91 Å². The topological polar surface area (TPSA) is 58.2 Å². The van der Waals surface area contributed by atoms with Crippen LogP contribution < -0.4 is 10.6 Å². The second kappa shape index (κ2) is 6.02. The van der Waals surface area contributed by atoms with E-state index in [0.717, 1.165) is 11.3 Å². The molecule has 2 aromatic rings. The van der Waals surface area contributed by atoms with Crippen molar-refractivity contribution in [2.75, 3.05) is 10.6 Å². The number of amides is 2. The van der Waals surface area contributed by atoms with Gasteiger partial charge >= 0.3 is 0 Å². The monoisotopic (exact) mass is 268 g/mol. The maximum Gasteiger partial charge on any atom is 0.255 e. The number of hydrogen-bond acceptors (Lipinski definition) is 2. The molecule has 2 aromatic carbocycles. The molecule has 2 rings (SSSR count). The summed E-state index contributed by atoms with van der Waals surface area (Å²) in [6.07, 6.45) is 0. The van der Waals surface area contributed by atoms with E-state index >= 15 is 0 Å². The molecule has 4 nitrogen and oxygen atoms in total. The van der Waals surface area contributed by atoms with Gasteiger partial charge in [-0.2, -0.15) is 0 Å². The number of nitrogens with one attached hydrogen (secondary N) is 2. The summed E-state index contributed by atoms with van der Waals surface area (Å²) in [5.74, 6) is -0.368. The van der Waals surface area contributed by atoms with Crippen LogP contribution in [0.5, 0.6) is 0 Å². The second-order valence-electron chi connectivity index (χ2n) is 4.53. The first-order valence-corrected chi connectivity index (χ1v) is 6.31. The number of anilines is 2. The molecule has 0 spiro atoms. The molecule has 4 heteroatoms. The van der Waals surface area contributed by atoms with E-state index in [4.69, 9.17) is 0 Å². The lowest BCUT2D eigenvalue weighted by atomic mass is 10.1. The zero-order chi connectivity index (χ0) is 14.5. The van der Waals surface area contributed by atoms with Crippen molar-refractivity contribution in [1.29, 1.82) is 0 Å². The van der Waals surface area contributed by atoms with Gasteiger partial charge in [-0.3, -0.25) is 9.59 Å². The SMILES string of the molecule is CC(=O)Nc1cccc(C(=O)Nc2ccccc2C)c1. The maximum atomic E-state index is 12.2. The van der Waals surface area contributed by atoms with Crippen LogP contribution in [0.1, 0.15) is 22.8 Å². The zero-order valence-electron chi connectivity index (χ0n) is 11.4. The third-order valence-corrected chi connectivity index (χ3v) is 2.84. The second-order valence-corrected chi connectivity index (χ2v) is 4.53. The first-order chi connectivity index (χ1) is 9.56. The Morgan fingerprint density at radius 1 is 0.950 bits per heavy atom. The van der Waals surface area contributed by atoms with Crippen molar-refractivity contribution in [1.82, 2.24) is 0 Å². The van der Waals surface area contributed by atoms with Gasteiger partial charge in [0.1, 0.15) is 0 Å². The Morgan fingerprint density at radius 3 is 2.40 bits per heavy atom. The molecule has 0 aliphatic carbocycles. The Hall–Kier alpha value is -2.62. The summed E-state index contributed by atoms with van der Waals surface area (Å²) in [6, 6.07) is 14.4. The first-order valence-electron chi connectivity index (χ1n) is 6.31. The molecular formula is C16H16N2O2. The molecular weight excluding hydrogens is 252 g/mol. The van der Waals surface area contributed by atoms with Gasteiger partial charge in [-0.15, -0.1) is 0 Å². The standard InChI is InChI=1S/C16H16N2O2/c1-11-6-3-4-9-15(11)18-16(20)13-7-5-8-14(10-13)17-12(2)19/h3-10H,1-2H3,(H,17,19)(H,18,20). The highest BCUT2D eigenvalue weighted by Gasteiger charge is 2.08. The smallest absolute Gasteiger partial charge is 0.255 e. The lowest BCUT2D eigenvalue weighted by Gasteiger charge is -2.09. The van der Waals surface area contributed by atoms with E-state index in [0.29, 0.717) is 11.3 Å².